The van der Waals surface area contributed by atoms with Crippen molar-refractivity contribution in [2.45, 2.75) is 46.5 Å². The normalized spacial score (nSPS) is 10.4. The standard InChI is InChI=1S/C12H19N/c1-4-7-12-10(5-2)8-9-11(6-3)13-12/h8-9H,4-7H2,1-3H3. The minimum Gasteiger partial charge on any atom is -0.258 e. The summed E-state index contributed by atoms with van der Waals surface area (Å²) in [6, 6.07) is 4.38. The van der Waals surface area contributed by atoms with E-state index in [0.29, 0.717) is 0 Å². The molecule has 1 aromatic rings. The van der Waals surface area contributed by atoms with E-state index in [4.69, 9.17) is 0 Å². The zero-order valence-electron chi connectivity index (χ0n) is 8.93. The van der Waals surface area contributed by atoms with Crippen LogP contribution in [0.4, 0.5) is 0 Å². The maximum atomic E-state index is 4.65. The van der Waals surface area contributed by atoms with E-state index in [1.807, 2.05) is 0 Å². The molecule has 72 valence electrons. The highest BCUT2D eigenvalue weighted by Crippen LogP contribution is 2.11. The predicted octanol–water partition coefficient (Wildman–Crippen LogP) is 3.16. The molecule has 0 amide bonds. The number of rotatable bonds is 4. The summed E-state index contributed by atoms with van der Waals surface area (Å²) in [6.45, 7) is 6.56. The summed E-state index contributed by atoms with van der Waals surface area (Å²) in [6.07, 6.45) is 4.46. The monoisotopic (exact) mass is 177 g/mol. The van der Waals surface area contributed by atoms with Crippen LogP contribution in [0.15, 0.2) is 12.1 Å². The van der Waals surface area contributed by atoms with Gasteiger partial charge in [0.15, 0.2) is 0 Å². The molecule has 0 spiro atoms. The molecule has 0 saturated heterocycles. The SMILES string of the molecule is CCCc1nc(CC)ccc1CC. The zero-order valence-corrected chi connectivity index (χ0v) is 8.93. The molecule has 0 aliphatic carbocycles. The van der Waals surface area contributed by atoms with Gasteiger partial charge in [0.25, 0.3) is 0 Å². The van der Waals surface area contributed by atoms with Gasteiger partial charge in [-0.1, -0.05) is 33.3 Å². The third-order valence-electron chi connectivity index (χ3n) is 2.36. The molecule has 0 aromatic carbocycles. The van der Waals surface area contributed by atoms with Crippen molar-refractivity contribution in [1.29, 1.82) is 0 Å². The van der Waals surface area contributed by atoms with Gasteiger partial charge in [-0.15, -0.1) is 0 Å². The number of aromatic nitrogens is 1. The molecule has 0 unspecified atom stereocenters. The first-order valence-electron chi connectivity index (χ1n) is 5.29. The number of hydrogen-bond donors (Lipinski definition) is 0. The number of nitrogens with zero attached hydrogens (tertiary/aromatic N) is 1. The van der Waals surface area contributed by atoms with Gasteiger partial charge in [-0.3, -0.25) is 4.98 Å². The minimum atomic E-state index is 1.04. The fourth-order valence-corrected chi connectivity index (χ4v) is 1.55. The van der Waals surface area contributed by atoms with Gasteiger partial charge >= 0.3 is 0 Å². The van der Waals surface area contributed by atoms with Crippen molar-refractivity contribution in [3.8, 4) is 0 Å². The van der Waals surface area contributed by atoms with Crippen molar-refractivity contribution in [2.24, 2.45) is 0 Å². The van der Waals surface area contributed by atoms with Crippen LogP contribution in [0.3, 0.4) is 0 Å². The molecule has 1 rings (SSSR count). The highest BCUT2D eigenvalue weighted by molar-refractivity contribution is 5.23. The predicted molar refractivity (Wildman–Crippen MR) is 57.0 cm³/mol. The van der Waals surface area contributed by atoms with Crippen molar-refractivity contribution >= 4 is 0 Å². The Bertz CT molecular complexity index is 266. The second kappa shape index (κ2) is 5.00. The topological polar surface area (TPSA) is 12.9 Å². The van der Waals surface area contributed by atoms with Crippen LogP contribution in [0.5, 0.6) is 0 Å². The molecule has 0 fully saturated rings. The average molecular weight is 177 g/mol. The van der Waals surface area contributed by atoms with Crippen LogP contribution in [0.25, 0.3) is 0 Å². The van der Waals surface area contributed by atoms with Crippen LogP contribution in [0, 0.1) is 0 Å². The van der Waals surface area contributed by atoms with E-state index in [-0.39, 0.29) is 0 Å². The summed E-state index contributed by atoms with van der Waals surface area (Å²) < 4.78 is 0. The Balaban J connectivity index is 2.95. The number of pyridine rings is 1. The first-order valence-corrected chi connectivity index (χ1v) is 5.29. The second-order valence-electron chi connectivity index (χ2n) is 3.37. The van der Waals surface area contributed by atoms with E-state index in [9.17, 15) is 0 Å². The van der Waals surface area contributed by atoms with Crippen molar-refractivity contribution in [3.05, 3.63) is 29.1 Å². The molecule has 0 aliphatic rings. The summed E-state index contributed by atoms with van der Waals surface area (Å²) in [5.74, 6) is 0. The van der Waals surface area contributed by atoms with E-state index >= 15 is 0 Å². The summed E-state index contributed by atoms with van der Waals surface area (Å²) in [5, 5.41) is 0. The van der Waals surface area contributed by atoms with Crippen LogP contribution < -0.4 is 0 Å². The lowest BCUT2D eigenvalue weighted by molar-refractivity contribution is 0.837. The number of aryl methyl sites for hydroxylation is 3. The molecule has 0 atom stereocenters. The summed E-state index contributed by atoms with van der Waals surface area (Å²) in [5.41, 5.74) is 3.95. The Hall–Kier alpha value is -0.850. The fourth-order valence-electron chi connectivity index (χ4n) is 1.55. The van der Waals surface area contributed by atoms with Crippen LogP contribution in [0.1, 0.15) is 44.1 Å². The Morgan fingerprint density at radius 1 is 1.08 bits per heavy atom. The van der Waals surface area contributed by atoms with Crippen molar-refractivity contribution in [3.63, 3.8) is 0 Å². The molecular formula is C12H19N. The molecule has 1 heteroatoms. The highest BCUT2D eigenvalue weighted by Gasteiger charge is 2.02. The maximum absolute atomic E-state index is 4.65. The van der Waals surface area contributed by atoms with Gasteiger partial charge in [-0.25, -0.2) is 0 Å². The summed E-state index contributed by atoms with van der Waals surface area (Å²) in [7, 11) is 0. The van der Waals surface area contributed by atoms with E-state index < -0.39 is 0 Å². The molecule has 0 bridgehead atoms. The molecule has 0 radical (unpaired) electrons. The first-order chi connectivity index (χ1) is 6.31. The third kappa shape index (κ3) is 2.55. The van der Waals surface area contributed by atoms with Crippen LogP contribution >= 0.6 is 0 Å². The fraction of sp³-hybridized carbons (Fsp3) is 0.583. The van der Waals surface area contributed by atoms with Crippen molar-refractivity contribution in [2.75, 3.05) is 0 Å². The van der Waals surface area contributed by atoms with E-state index in [0.717, 1.165) is 19.3 Å². The molecule has 1 nitrogen and oxygen atoms in total. The number of hydrogen-bond acceptors (Lipinski definition) is 1. The quantitative estimate of drug-likeness (QED) is 0.688. The van der Waals surface area contributed by atoms with Gasteiger partial charge in [0.1, 0.15) is 0 Å². The molecule has 1 aromatic heterocycles. The largest absolute Gasteiger partial charge is 0.258 e. The van der Waals surface area contributed by atoms with Gasteiger partial charge in [-0.2, -0.15) is 0 Å². The second-order valence-corrected chi connectivity index (χ2v) is 3.37. The van der Waals surface area contributed by atoms with Gasteiger partial charge in [0.05, 0.1) is 0 Å². The maximum Gasteiger partial charge on any atom is 0.0438 e. The Morgan fingerprint density at radius 3 is 2.38 bits per heavy atom. The Labute approximate surface area is 81.2 Å². The Kier molecular flexibility index (Phi) is 3.94. The molecule has 1 heterocycles. The molecule has 0 N–H and O–H groups in total. The lowest BCUT2D eigenvalue weighted by Gasteiger charge is -2.07. The van der Waals surface area contributed by atoms with Gasteiger partial charge in [-0.05, 0) is 30.9 Å². The smallest absolute Gasteiger partial charge is 0.0438 e. The van der Waals surface area contributed by atoms with E-state index in [1.165, 1.54) is 23.4 Å². The highest BCUT2D eigenvalue weighted by atomic mass is 14.7. The van der Waals surface area contributed by atoms with Gasteiger partial charge < -0.3 is 0 Å². The molecular weight excluding hydrogens is 158 g/mol. The van der Waals surface area contributed by atoms with Crippen LogP contribution in [-0.4, -0.2) is 4.98 Å². The van der Waals surface area contributed by atoms with Gasteiger partial charge in [0, 0.05) is 11.4 Å². The third-order valence-corrected chi connectivity index (χ3v) is 2.36. The van der Waals surface area contributed by atoms with Crippen LogP contribution in [-0.2, 0) is 19.3 Å². The molecule has 0 aliphatic heterocycles. The van der Waals surface area contributed by atoms with E-state index in [2.05, 4.69) is 37.9 Å². The zero-order chi connectivity index (χ0) is 9.68. The first kappa shape index (κ1) is 10.2. The van der Waals surface area contributed by atoms with E-state index in [1.54, 1.807) is 0 Å². The lowest BCUT2D eigenvalue weighted by atomic mass is 10.1. The van der Waals surface area contributed by atoms with Crippen molar-refractivity contribution < 1.29 is 0 Å². The average Bonchev–Trinajstić information content (AvgIpc) is 2.18. The molecule has 0 saturated carbocycles. The molecule has 13 heavy (non-hydrogen) atoms. The summed E-state index contributed by atoms with van der Waals surface area (Å²) >= 11 is 0. The Morgan fingerprint density at radius 2 is 1.85 bits per heavy atom. The minimum absolute atomic E-state index is 1.04. The lowest BCUT2D eigenvalue weighted by Crippen LogP contribution is -1.99. The van der Waals surface area contributed by atoms with Gasteiger partial charge in [0.2, 0.25) is 0 Å². The van der Waals surface area contributed by atoms with Crippen molar-refractivity contribution in [1.82, 2.24) is 4.98 Å². The summed E-state index contributed by atoms with van der Waals surface area (Å²) in [4.78, 5) is 4.65. The van der Waals surface area contributed by atoms with Crippen LogP contribution in [0.2, 0.25) is 0 Å².